The summed E-state index contributed by atoms with van der Waals surface area (Å²) in [6, 6.07) is 10.8. The van der Waals surface area contributed by atoms with E-state index in [2.05, 4.69) is 0 Å². The molecule has 122 valence electrons. The van der Waals surface area contributed by atoms with Crippen molar-refractivity contribution in [3.05, 3.63) is 70.3 Å². The summed E-state index contributed by atoms with van der Waals surface area (Å²) in [5.41, 5.74) is 4.41. The second-order valence-corrected chi connectivity index (χ2v) is 5.73. The Morgan fingerprint density at radius 1 is 1.08 bits per heavy atom. The summed E-state index contributed by atoms with van der Waals surface area (Å²) in [5, 5.41) is 9.64. The molecule has 0 fully saturated rings. The van der Waals surface area contributed by atoms with Crippen molar-refractivity contribution in [3.8, 4) is 11.5 Å². The predicted molar refractivity (Wildman–Crippen MR) is 92.6 cm³/mol. The molecule has 1 N–H and O–H groups in total. The monoisotopic (exact) mass is 322 g/mol. The van der Waals surface area contributed by atoms with Gasteiger partial charge in [-0.25, -0.2) is 4.79 Å². The van der Waals surface area contributed by atoms with Gasteiger partial charge in [-0.05, 0) is 60.9 Å². The van der Waals surface area contributed by atoms with Gasteiger partial charge in [0.25, 0.3) is 0 Å². The van der Waals surface area contributed by atoms with Gasteiger partial charge in [-0.1, -0.05) is 18.2 Å². The summed E-state index contributed by atoms with van der Waals surface area (Å²) in [7, 11) is 1.48. The molecular formula is C20H18O4. The fourth-order valence-electron chi connectivity index (χ4n) is 2.49. The number of cyclic esters (lactones) is 1. The van der Waals surface area contributed by atoms with Crippen LogP contribution in [0, 0.1) is 13.8 Å². The quantitative estimate of drug-likeness (QED) is 0.685. The van der Waals surface area contributed by atoms with Crippen LogP contribution in [0.5, 0.6) is 11.5 Å². The van der Waals surface area contributed by atoms with Crippen LogP contribution in [-0.4, -0.2) is 18.2 Å². The van der Waals surface area contributed by atoms with Gasteiger partial charge < -0.3 is 14.6 Å². The zero-order valence-electron chi connectivity index (χ0n) is 13.8. The topological polar surface area (TPSA) is 55.8 Å². The van der Waals surface area contributed by atoms with Crippen LogP contribution in [0.25, 0.3) is 11.8 Å². The number of benzene rings is 2. The maximum absolute atomic E-state index is 12.1. The third-order valence-electron chi connectivity index (χ3n) is 4.04. The van der Waals surface area contributed by atoms with Crippen molar-refractivity contribution in [2.24, 2.45) is 0 Å². The summed E-state index contributed by atoms with van der Waals surface area (Å²) in [6.45, 7) is 4.06. The first-order chi connectivity index (χ1) is 11.5. The molecule has 24 heavy (non-hydrogen) atoms. The van der Waals surface area contributed by atoms with Gasteiger partial charge in [0.2, 0.25) is 0 Å². The fraction of sp³-hybridized carbons (Fsp3) is 0.150. The number of phenols is 1. The second kappa shape index (κ2) is 6.24. The summed E-state index contributed by atoms with van der Waals surface area (Å²) >= 11 is 0. The van der Waals surface area contributed by atoms with Gasteiger partial charge in [0.15, 0.2) is 11.5 Å². The molecule has 4 heteroatoms. The number of hydrogen-bond acceptors (Lipinski definition) is 4. The highest BCUT2D eigenvalue weighted by Crippen LogP contribution is 2.31. The van der Waals surface area contributed by atoms with Crippen molar-refractivity contribution in [3.63, 3.8) is 0 Å². The van der Waals surface area contributed by atoms with E-state index in [1.165, 1.54) is 18.7 Å². The number of rotatable bonds is 3. The normalized spacial score (nSPS) is 15.4. The summed E-state index contributed by atoms with van der Waals surface area (Å²) < 4.78 is 10.5. The van der Waals surface area contributed by atoms with Crippen molar-refractivity contribution >= 4 is 17.8 Å². The standard InChI is InChI=1S/C20H18O4/c1-12-4-6-15(8-13(12)2)18-11-16(20(22)24-18)9-14-5-7-17(21)19(10-14)23-3/h4-11,21H,1-3H3/b16-9-. The van der Waals surface area contributed by atoms with Crippen LogP contribution in [0.3, 0.4) is 0 Å². The number of phenolic OH excluding ortho intramolecular Hbond substituents is 1. The van der Waals surface area contributed by atoms with Gasteiger partial charge in [0.05, 0.1) is 12.7 Å². The van der Waals surface area contributed by atoms with Crippen LogP contribution in [0.1, 0.15) is 22.3 Å². The third-order valence-corrected chi connectivity index (χ3v) is 4.04. The van der Waals surface area contributed by atoms with Crippen LogP contribution in [-0.2, 0) is 9.53 Å². The van der Waals surface area contributed by atoms with Crippen molar-refractivity contribution < 1.29 is 19.4 Å². The molecule has 0 aliphatic carbocycles. The van der Waals surface area contributed by atoms with Crippen molar-refractivity contribution in [2.45, 2.75) is 13.8 Å². The lowest BCUT2D eigenvalue weighted by Gasteiger charge is -2.05. The van der Waals surface area contributed by atoms with Crippen LogP contribution < -0.4 is 4.74 Å². The Labute approximate surface area is 140 Å². The number of esters is 1. The van der Waals surface area contributed by atoms with E-state index in [4.69, 9.17) is 9.47 Å². The lowest BCUT2D eigenvalue weighted by atomic mass is 10.0. The van der Waals surface area contributed by atoms with Crippen LogP contribution in [0.2, 0.25) is 0 Å². The first-order valence-electron chi connectivity index (χ1n) is 7.58. The number of carbonyl (C=O) groups is 1. The van der Waals surface area contributed by atoms with Crippen molar-refractivity contribution in [1.29, 1.82) is 0 Å². The number of ether oxygens (including phenoxy) is 2. The summed E-state index contributed by atoms with van der Waals surface area (Å²) in [4.78, 5) is 12.1. The Balaban J connectivity index is 1.95. The first-order valence-corrected chi connectivity index (χ1v) is 7.58. The number of aromatic hydroxyl groups is 1. The Hall–Kier alpha value is -3.01. The molecule has 4 nitrogen and oxygen atoms in total. The summed E-state index contributed by atoms with van der Waals surface area (Å²) in [5.74, 6) is 0.560. The highest BCUT2D eigenvalue weighted by atomic mass is 16.5. The zero-order chi connectivity index (χ0) is 17.3. The molecular weight excluding hydrogens is 304 g/mol. The van der Waals surface area contributed by atoms with Gasteiger partial charge in [-0.15, -0.1) is 0 Å². The molecule has 1 heterocycles. The molecule has 1 aliphatic rings. The molecule has 0 saturated carbocycles. The van der Waals surface area contributed by atoms with Gasteiger partial charge in [-0.2, -0.15) is 0 Å². The average molecular weight is 322 g/mol. The molecule has 0 unspecified atom stereocenters. The highest BCUT2D eigenvalue weighted by Gasteiger charge is 2.22. The molecule has 0 aromatic heterocycles. The van der Waals surface area contributed by atoms with Gasteiger partial charge in [0.1, 0.15) is 5.76 Å². The molecule has 3 rings (SSSR count). The van der Waals surface area contributed by atoms with E-state index >= 15 is 0 Å². The number of carbonyl (C=O) groups excluding carboxylic acids is 1. The van der Waals surface area contributed by atoms with Crippen LogP contribution in [0.15, 0.2) is 48.0 Å². The Bertz CT molecular complexity index is 875. The van der Waals surface area contributed by atoms with E-state index < -0.39 is 5.97 Å². The van der Waals surface area contributed by atoms with Crippen LogP contribution in [0.4, 0.5) is 0 Å². The Kier molecular flexibility index (Phi) is 4.13. The van der Waals surface area contributed by atoms with E-state index in [-0.39, 0.29) is 5.75 Å². The molecule has 0 saturated heterocycles. The Morgan fingerprint density at radius 2 is 1.88 bits per heavy atom. The Morgan fingerprint density at radius 3 is 2.58 bits per heavy atom. The number of methoxy groups -OCH3 is 1. The number of aryl methyl sites for hydroxylation is 2. The van der Waals surface area contributed by atoms with Gasteiger partial charge in [0, 0.05) is 5.56 Å². The van der Waals surface area contributed by atoms with Gasteiger partial charge in [-0.3, -0.25) is 0 Å². The van der Waals surface area contributed by atoms with E-state index in [0.717, 1.165) is 16.7 Å². The van der Waals surface area contributed by atoms with E-state index in [1.54, 1.807) is 24.3 Å². The predicted octanol–water partition coefficient (Wildman–Crippen LogP) is 4.00. The molecule has 1 aliphatic heterocycles. The first kappa shape index (κ1) is 15.9. The van der Waals surface area contributed by atoms with Crippen molar-refractivity contribution in [1.82, 2.24) is 0 Å². The largest absolute Gasteiger partial charge is 0.504 e. The van der Waals surface area contributed by atoms with Gasteiger partial charge >= 0.3 is 5.97 Å². The SMILES string of the molecule is COc1cc(/C=C2/C=C(c3ccc(C)c(C)c3)OC2=O)ccc1O. The molecule has 0 bridgehead atoms. The number of hydrogen-bond donors (Lipinski definition) is 1. The maximum atomic E-state index is 12.1. The maximum Gasteiger partial charge on any atom is 0.343 e. The van der Waals surface area contributed by atoms with E-state index in [0.29, 0.717) is 17.1 Å². The fourth-order valence-corrected chi connectivity index (χ4v) is 2.49. The lowest BCUT2D eigenvalue weighted by Crippen LogP contribution is -1.97. The average Bonchev–Trinajstić information content (AvgIpc) is 2.92. The molecule has 0 amide bonds. The lowest BCUT2D eigenvalue weighted by molar-refractivity contribution is -0.130. The third kappa shape index (κ3) is 3.04. The molecule has 0 radical (unpaired) electrons. The van der Waals surface area contributed by atoms with E-state index in [1.807, 2.05) is 32.0 Å². The molecule has 2 aromatic rings. The minimum atomic E-state index is -0.393. The molecule has 0 atom stereocenters. The zero-order valence-corrected chi connectivity index (χ0v) is 13.8. The minimum Gasteiger partial charge on any atom is -0.504 e. The van der Waals surface area contributed by atoms with Crippen molar-refractivity contribution in [2.75, 3.05) is 7.11 Å². The molecule has 2 aromatic carbocycles. The van der Waals surface area contributed by atoms with E-state index in [9.17, 15) is 9.90 Å². The highest BCUT2D eigenvalue weighted by molar-refractivity contribution is 6.05. The minimum absolute atomic E-state index is 0.0556. The second-order valence-electron chi connectivity index (χ2n) is 5.73. The van der Waals surface area contributed by atoms with Crippen LogP contribution >= 0.6 is 0 Å². The molecule has 0 spiro atoms. The smallest absolute Gasteiger partial charge is 0.343 e. The summed E-state index contributed by atoms with van der Waals surface area (Å²) in [6.07, 6.45) is 3.43.